The summed E-state index contributed by atoms with van der Waals surface area (Å²) < 4.78 is 11.3. The third-order valence-electron chi connectivity index (χ3n) is 6.97. The molecule has 0 aliphatic heterocycles. The summed E-state index contributed by atoms with van der Waals surface area (Å²) in [6.45, 7) is 10.3. The molecule has 0 atom stereocenters. The number of hydrogen-bond acceptors (Lipinski definition) is 4. The molecule has 0 N–H and O–H groups in total. The molecule has 8 heteroatoms. The van der Waals surface area contributed by atoms with Crippen molar-refractivity contribution in [1.29, 1.82) is 0 Å². The van der Waals surface area contributed by atoms with Crippen molar-refractivity contribution < 1.29 is 24.8 Å². The van der Waals surface area contributed by atoms with Crippen molar-refractivity contribution in [3.8, 4) is 39.9 Å². The fourth-order valence-corrected chi connectivity index (χ4v) is 4.73. The molecule has 0 saturated carbocycles. The van der Waals surface area contributed by atoms with Gasteiger partial charge in [0.1, 0.15) is 0 Å². The first kappa shape index (κ1) is 34.2. The zero-order valence-electron chi connectivity index (χ0n) is 26.9. The Hall–Kier alpha value is -4.26. The SMILES string of the molecule is COc1cc(C)c[c-]c1-c1nccn1C.Cc1c[c-]c(-c2nccn2C)c(C)c1.Cc1c[c-]c(-c2nccn2C)c(C)c1.[Ir+3]. The molecule has 7 nitrogen and oxygen atoms in total. The number of hydrogen-bond donors (Lipinski definition) is 0. The van der Waals surface area contributed by atoms with Crippen molar-refractivity contribution in [2.45, 2.75) is 34.6 Å². The molecule has 6 aromatic rings. The molecule has 3 heterocycles. The van der Waals surface area contributed by atoms with Crippen molar-refractivity contribution in [3.05, 3.63) is 120 Å². The Morgan fingerprint density at radius 2 is 0.886 bits per heavy atom. The molecule has 44 heavy (non-hydrogen) atoms. The Kier molecular flexibility index (Phi) is 12.0. The van der Waals surface area contributed by atoms with Gasteiger partial charge in [0.25, 0.3) is 0 Å². The maximum Gasteiger partial charge on any atom is 3.00 e. The van der Waals surface area contributed by atoms with Gasteiger partial charge in [-0.1, -0.05) is 40.2 Å². The van der Waals surface area contributed by atoms with Crippen LogP contribution in [0.25, 0.3) is 34.2 Å². The Morgan fingerprint density at radius 1 is 0.545 bits per heavy atom. The summed E-state index contributed by atoms with van der Waals surface area (Å²) in [6.07, 6.45) is 11.2. The fraction of sp³-hybridized carbons (Fsp3) is 0.250. The van der Waals surface area contributed by atoms with E-state index in [9.17, 15) is 0 Å². The van der Waals surface area contributed by atoms with E-state index in [1.165, 1.54) is 22.3 Å². The van der Waals surface area contributed by atoms with Gasteiger partial charge in [0, 0.05) is 64.1 Å². The van der Waals surface area contributed by atoms with Crippen molar-refractivity contribution in [2.75, 3.05) is 7.11 Å². The predicted octanol–water partition coefficient (Wildman–Crippen LogP) is 7.21. The van der Waals surface area contributed by atoms with Crippen LogP contribution >= 0.6 is 0 Å². The number of ether oxygens (including phenoxy) is 1. The van der Waals surface area contributed by atoms with E-state index in [1.54, 1.807) is 13.3 Å². The van der Waals surface area contributed by atoms with Gasteiger partial charge in [-0.15, -0.1) is 93.5 Å². The van der Waals surface area contributed by atoms with Crippen LogP contribution in [0.4, 0.5) is 0 Å². The molecule has 0 saturated heterocycles. The summed E-state index contributed by atoms with van der Waals surface area (Å²) in [5.74, 6) is 3.63. The second kappa shape index (κ2) is 15.5. The third kappa shape index (κ3) is 8.22. The molecule has 3 aromatic carbocycles. The number of rotatable bonds is 4. The molecule has 0 aliphatic carbocycles. The Labute approximate surface area is 275 Å². The van der Waals surface area contributed by atoms with Crippen molar-refractivity contribution >= 4 is 0 Å². The zero-order valence-corrected chi connectivity index (χ0v) is 29.2. The van der Waals surface area contributed by atoms with Gasteiger partial charge < -0.3 is 18.4 Å². The van der Waals surface area contributed by atoms with E-state index < -0.39 is 0 Å². The van der Waals surface area contributed by atoms with E-state index in [2.05, 4.69) is 73.0 Å². The van der Waals surface area contributed by atoms with E-state index in [4.69, 9.17) is 4.74 Å². The molecule has 0 radical (unpaired) electrons. The molecule has 228 valence electrons. The average Bonchev–Trinajstić information content (AvgIpc) is 3.71. The van der Waals surface area contributed by atoms with Gasteiger partial charge in [-0.3, -0.25) is 15.0 Å². The number of imidazole rings is 3. The summed E-state index contributed by atoms with van der Waals surface area (Å²) in [6, 6.07) is 21.9. The van der Waals surface area contributed by atoms with Crippen molar-refractivity contribution in [1.82, 2.24) is 28.7 Å². The monoisotopic (exact) mass is 764 g/mol. The Morgan fingerprint density at radius 3 is 1.20 bits per heavy atom. The van der Waals surface area contributed by atoms with Crippen LogP contribution in [-0.4, -0.2) is 35.8 Å². The maximum atomic E-state index is 5.32. The van der Waals surface area contributed by atoms with Crippen LogP contribution in [0.2, 0.25) is 0 Å². The van der Waals surface area contributed by atoms with Crippen molar-refractivity contribution in [3.63, 3.8) is 0 Å². The van der Waals surface area contributed by atoms with Gasteiger partial charge in [-0.2, -0.15) is 0 Å². The summed E-state index contributed by atoms with van der Waals surface area (Å²) in [4.78, 5) is 12.9. The first-order chi connectivity index (χ1) is 20.6. The second-order valence-electron chi connectivity index (χ2n) is 10.7. The summed E-state index contributed by atoms with van der Waals surface area (Å²) in [7, 11) is 7.61. The molecule has 0 fully saturated rings. The van der Waals surface area contributed by atoms with Crippen LogP contribution in [0.3, 0.4) is 0 Å². The van der Waals surface area contributed by atoms with Crippen molar-refractivity contribution in [2.24, 2.45) is 21.1 Å². The minimum absolute atomic E-state index is 0. The van der Waals surface area contributed by atoms with Crippen LogP contribution in [0.15, 0.2) is 73.6 Å². The van der Waals surface area contributed by atoms with Crippen LogP contribution in [0.5, 0.6) is 5.75 Å². The first-order valence-corrected chi connectivity index (χ1v) is 14.1. The van der Waals surface area contributed by atoms with Crippen LogP contribution in [-0.2, 0) is 41.2 Å². The topological polar surface area (TPSA) is 62.7 Å². The standard InChI is InChI=1S/C12H13N2O.2C12H13N2.Ir/c1-9-4-5-10(11(8-9)15-3)12-13-6-7-14(12)2;2*1-9-4-5-11(10(2)8-9)12-13-6-7-14(12)3;/h4,6-8H,1-3H3;2*4,6-8H,1-3H3;/q3*-1;+3. The quantitative estimate of drug-likeness (QED) is 0.178. The molecule has 0 aliphatic rings. The molecule has 0 bridgehead atoms. The maximum absolute atomic E-state index is 5.32. The van der Waals surface area contributed by atoms with Crippen LogP contribution in [0, 0.1) is 52.8 Å². The second-order valence-corrected chi connectivity index (χ2v) is 10.7. The minimum Gasteiger partial charge on any atom is -0.540 e. The number of aromatic nitrogens is 6. The van der Waals surface area contributed by atoms with Crippen LogP contribution in [0.1, 0.15) is 27.8 Å². The van der Waals surface area contributed by atoms with E-state index in [-0.39, 0.29) is 20.1 Å². The van der Waals surface area contributed by atoms with Gasteiger partial charge in [-0.25, -0.2) is 0 Å². The largest absolute Gasteiger partial charge is 3.00 e. The third-order valence-corrected chi connectivity index (χ3v) is 6.97. The summed E-state index contributed by atoms with van der Waals surface area (Å²) in [5, 5.41) is 0. The van der Waals surface area contributed by atoms with E-state index in [1.807, 2.05) is 97.0 Å². The van der Waals surface area contributed by atoms with Gasteiger partial charge in [0.05, 0.1) is 24.6 Å². The smallest absolute Gasteiger partial charge is 0.540 e. The predicted molar refractivity (Wildman–Crippen MR) is 173 cm³/mol. The molecule has 0 spiro atoms. The first-order valence-electron chi connectivity index (χ1n) is 14.1. The van der Waals surface area contributed by atoms with Gasteiger partial charge >= 0.3 is 20.1 Å². The average molecular weight is 764 g/mol. The Balaban J connectivity index is 0.000000178. The normalized spacial score (nSPS) is 10.2. The number of aryl methyl sites for hydroxylation is 8. The number of benzene rings is 3. The van der Waals surface area contributed by atoms with Gasteiger partial charge in [0.15, 0.2) is 0 Å². The molecule has 3 aromatic heterocycles. The zero-order chi connectivity index (χ0) is 31.1. The molecule has 6 rings (SSSR count). The summed E-state index contributed by atoms with van der Waals surface area (Å²) in [5.41, 5.74) is 9.12. The van der Waals surface area contributed by atoms with E-state index in [0.29, 0.717) is 0 Å². The number of methoxy groups -OCH3 is 1. The summed E-state index contributed by atoms with van der Waals surface area (Å²) >= 11 is 0. The fourth-order valence-electron chi connectivity index (χ4n) is 4.73. The van der Waals surface area contributed by atoms with Gasteiger partial charge in [0.2, 0.25) is 0 Å². The molecular formula is C36H39IrN6O. The molecule has 0 unspecified atom stereocenters. The van der Waals surface area contributed by atoms with Crippen LogP contribution < -0.4 is 4.74 Å². The van der Waals surface area contributed by atoms with E-state index >= 15 is 0 Å². The molecule has 0 amide bonds. The van der Waals surface area contributed by atoms with Gasteiger partial charge in [-0.05, 0) is 0 Å². The number of nitrogens with zero attached hydrogens (tertiary/aromatic N) is 6. The molecular weight excluding hydrogens is 725 g/mol. The Bertz CT molecular complexity index is 1730. The van der Waals surface area contributed by atoms with E-state index in [0.717, 1.165) is 45.5 Å². The minimum atomic E-state index is 0.